The van der Waals surface area contributed by atoms with Gasteiger partial charge < -0.3 is 14.8 Å². The van der Waals surface area contributed by atoms with E-state index in [-0.39, 0.29) is 23.5 Å². The van der Waals surface area contributed by atoms with E-state index in [1.807, 2.05) is 6.92 Å². The lowest BCUT2D eigenvalue weighted by Gasteiger charge is -2.57. The molecule has 1 saturated carbocycles. The Kier molecular flexibility index (Phi) is 4.51. The van der Waals surface area contributed by atoms with Crippen molar-refractivity contribution >= 4 is 17.5 Å². The Bertz CT molecular complexity index is 303. The van der Waals surface area contributed by atoms with E-state index in [1.165, 1.54) is 0 Å². The van der Waals surface area contributed by atoms with Crippen LogP contribution in [-0.4, -0.2) is 43.3 Å². The lowest BCUT2D eigenvalue weighted by atomic mass is 9.57. The van der Waals surface area contributed by atoms with Crippen LogP contribution >= 0.6 is 11.6 Å². The molecule has 1 saturated heterocycles. The van der Waals surface area contributed by atoms with Crippen LogP contribution in [-0.2, 0) is 14.3 Å². The predicted molar refractivity (Wildman–Crippen MR) is 69.8 cm³/mol. The van der Waals surface area contributed by atoms with Gasteiger partial charge in [0, 0.05) is 31.3 Å². The fraction of sp³-hybridized carbons (Fsp3) is 0.923. The lowest BCUT2D eigenvalue weighted by molar-refractivity contribution is -0.175. The molecule has 18 heavy (non-hydrogen) atoms. The van der Waals surface area contributed by atoms with Gasteiger partial charge in [-0.3, -0.25) is 4.79 Å². The molecule has 1 aliphatic heterocycles. The van der Waals surface area contributed by atoms with E-state index in [0.29, 0.717) is 0 Å². The third kappa shape index (κ3) is 2.51. The zero-order valence-electron chi connectivity index (χ0n) is 11.1. The summed E-state index contributed by atoms with van der Waals surface area (Å²) in [5.74, 6) is -0.0810. The van der Waals surface area contributed by atoms with Crippen molar-refractivity contribution in [2.75, 3.05) is 19.8 Å². The van der Waals surface area contributed by atoms with Crippen LogP contribution in [0.15, 0.2) is 0 Å². The van der Waals surface area contributed by atoms with E-state index in [0.717, 1.165) is 39.1 Å². The average Bonchev–Trinajstić information content (AvgIpc) is 2.38. The molecule has 1 heterocycles. The lowest BCUT2D eigenvalue weighted by Crippen LogP contribution is -2.66. The Morgan fingerprint density at radius 1 is 1.56 bits per heavy atom. The van der Waals surface area contributed by atoms with Crippen LogP contribution in [0.3, 0.4) is 0 Å². The number of halogens is 1. The predicted octanol–water partition coefficient (Wildman–Crippen LogP) is 1.70. The summed E-state index contributed by atoms with van der Waals surface area (Å²) >= 11 is 5.81. The summed E-state index contributed by atoms with van der Waals surface area (Å²) in [5.41, 5.74) is 0.0652. The largest absolute Gasteiger partial charge is 0.381 e. The van der Waals surface area contributed by atoms with Gasteiger partial charge in [0.25, 0.3) is 0 Å². The molecule has 2 aliphatic rings. The smallest absolute Gasteiger partial charge is 0.238 e. The molecule has 0 aromatic rings. The van der Waals surface area contributed by atoms with Crippen molar-refractivity contribution in [1.29, 1.82) is 0 Å². The van der Waals surface area contributed by atoms with Crippen molar-refractivity contribution in [3.05, 3.63) is 0 Å². The topological polar surface area (TPSA) is 47.6 Å². The molecule has 0 aromatic heterocycles. The highest BCUT2D eigenvalue weighted by molar-refractivity contribution is 6.30. The Morgan fingerprint density at radius 2 is 2.22 bits per heavy atom. The minimum absolute atomic E-state index is 0.0652. The highest BCUT2D eigenvalue weighted by Crippen LogP contribution is 2.50. The molecule has 4 nitrogen and oxygen atoms in total. The number of carbonyl (C=O) groups excluding carboxylic acids is 1. The van der Waals surface area contributed by atoms with Gasteiger partial charge in [0.1, 0.15) is 5.38 Å². The van der Waals surface area contributed by atoms with Crippen molar-refractivity contribution in [2.45, 2.75) is 50.6 Å². The molecule has 0 aromatic carbocycles. The number of hydrogen-bond acceptors (Lipinski definition) is 3. The van der Waals surface area contributed by atoms with E-state index < -0.39 is 5.38 Å². The maximum Gasteiger partial charge on any atom is 0.238 e. The highest BCUT2D eigenvalue weighted by Gasteiger charge is 2.56. The number of ether oxygens (including phenoxy) is 2. The molecule has 3 atom stereocenters. The second kappa shape index (κ2) is 5.76. The van der Waals surface area contributed by atoms with E-state index in [1.54, 1.807) is 6.92 Å². The molecule has 2 fully saturated rings. The summed E-state index contributed by atoms with van der Waals surface area (Å²) in [6.45, 7) is 5.95. The number of alkyl halides is 1. The molecule has 1 spiro atoms. The van der Waals surface area contributed by atoms with Crippen LogP contribution in [0.4, 0.5) is 0 Å². The van der Waals surface area contributed by atoms with E-state index >= 15 is 0 Å². The van der Waals surface area contributed by atoms with E-state index in [9.17, 15) is 4.79 Å². The molecule has 1 amide bonds. The first kappa shape index (κ1) is 14.1. The monoisotopic (exact) mass is 275 g/mol. The summed E-state index contributed by atoms with van der Waals surface area (Å²) in [7, 11) is 0. The molecular weight excluding hydrogens is 254 g/mol. The Hall–Kier alpha value is -0.320. The van der Waals surface area contributed by atoms with Gasteiger partial charge >= 0.3 is 0 Å². The number of carbonyl (C=O) groups is 1. The van der Waals surface area contributed by atoms with Crippen LogP contribution in [0.2, 0.25) is 0 Å². The first-order valence-electron chi connectivity index (χ1n) is 6.74. The van der Waals surface area contributed by atoms with Crippen LogP contribution in [0, 0.1) is 5.41 Å². The van der Waals surface area contributed by atoms with Crippen molar-refractivity contribution in [1.82, 2.24) is 5.32 Å². The Balaban J connectivity index is 2.01. The van der Waals surface area contributed by atoms with Crippen LogP contribution in [0.1, 0.15) is 33.1 Å². The number of hydrogen-bond donors (Lipinski definition) is 1. The van der Waals surface area contributed by atoms with Gasteiger partial charge in [0.15, 0.2) is 0 Å². The van der Waals surface area contributed by atoms with Gasteiger partial charge in [-0.05, 0) is 33.1 Å². The van der Waals surface area contributed by atoms with Crippen molar-refractivity contribution in [3.63, 3.8) is 0 Å². The summed E-state index contributed by atoms with van der Waals surface area (Å²) in [4.78, 5) is 11.7. The summed E-state index contributed by atoms with van der Waals surface area (Å²) in [6, 6.07) is 0.187. The second-order valence-electron chi connectivity index (χ2n) is 5.20. The number of nitrogens with one attached hydrogen (secondary N) is 1. The maximum absolute atomic E-state index is 11.7. The molecule has 0 radical (unpaired) electrons. The summed E-state index contributed by atoms with van der Waals surface area (Å²) in [6.07, 6.45) is 3.06. The van der Waals surface area contributed by atoms with Gasteiger partial charge in [-0.25, -0.2) is 0 Å². The zero-order valence-corrected chi connectivity index (χ0v) is 11.8. The van der Waals surface area contributed by atoms with Gasteiger partial charge in [0.2, 0.25) is 5.91 Å². The van der Waals surface area contributed by atoms with Crippen LogP contribution in [0.5, 0.6) is 0 Å². The minimum atomic E-state index is -0.479. The minimum Gasteiger partial charge on any atom is -0.381 e. The van der Waals surface area contributed by atoms with Crippen molar-refractivity contribution in [2.24, 2.45) is 5.41 Å². The van der Waals surface area contributed by atoms with Crippen molar-refractivity contribution < 1.29 is 14.3 Å². The average molecular weight is 276 g/mol. The van der Waals surface area contributed by atoms with Crippen LogP contribution in [0.25, 0.3) is 0 Å². The van der Waals surface area contributed by atoms with E-state index in [2.05, 4.69) is 5.32 Å². The standard InChI is InChI=1S/C13H22ClNO3/c1-3-18-11-8-10(15-12(16)9(2)14)13(11)4-6-17-7-5-13/h9-11H,3-8H2,1-2H3,(H,15,16). The summed E-state index contributed by atoms with van der Waals surface area (Å²) in [5, 5.41) is 2.58. The van der Waals surface area contributed by atoms with Gasteiger partial charge in [-0.1, -0.05) is 0 Å². The maximum atomic E-state index is 11.7. The van der Waals surface area contributed by atoms with E-state index in [4.69, 9.17) is 21.1 Å². The molecular formula is C13H22ClNO3. The normalized spacial score (nSPS) is 31.7. The molecule has 3 unspecified atom stereocenters. The SMILES string of the molecule is CCOC1CC(NC(=O)C(C)Cl)C12CCOCC2. The summed E-state index contributed by atoms with van der Waals surface area (Å²) < 4.78 is 11.2. The van der Waals surface area contributed by atoms with Crippen LogP contribution < -0.4 is 5.32 Å². The van der Waals surface area contributed by atoms with Gasteiger partial charge in [0.05, 0.1) is 6.10 Å². The quantitative estimate of drug-likeness (QED) is 0.795. The molecule has 0 bridgehead atoms. The Morgan fingerprint density at radius 3 is 2.78 bits per heavy atom. The van der Waals surface area contributed by atoms with Crippen molar-refractivity contribution in [3.8, 4) is 0 Å². The fourth-order valence-corrected chi connectivity index (χ4v) is 3.16. The third-order valence-corrected chi connectivity index (χ3v) is 4.45. The third-order valence-electron chi connectivity index (χ3n) is 4.25. The molecule has 2 rings (SSSR count). The molecule has 104 valence electrons. The Labute approximate surface area is 113 Å². The highest BCUT2D eigenvalue weighted by atomic mass is 35.5. The first-order chi connectivity index (χ1) is 8.60. The van der Waals surface area contributed by atoms with Gasteiger partial charge in [-0.15, -0.1) is 11.6 Å². The molecule has 1 aliphatic carbocycles. The fourth-order valence-electron chi connectivity index (χ4n) is 3.09. The zero-order chi connectivity index (χ0) is 13.2. The first-order valence-corrected chi connectivity index (χ1v) is 7.17. The molecule has 1 N–H and O–H groups in total. The van der Waals surface area contributed by atoms with Gasteiger partial charge in [-0.2, -0.15) is 0 Å². The second-order valence-corrected chi connectivity index (χ2v) is 5.86. The number of rotatable bonds is 4. The molecule has 5 heteroatoms. The number of amides is 1.